The van der Waals surface area contributed by atoms with Crippen LogP contribution >= 0.6 is 0 Å². The van der Waals surface area contributed by atoms with Crippen molar-refractivity contribution in [2.24, 2.45) is 0 Å². The second-order valence-corrected chi connectivity index (χ2v) is 5.84. The van der Waals surface area contributed by atoms with Crippen molar-refractivity contribution < 1.29 is 14.4 Å². The van der Waals surface area contributed by atoms with E-state index >= 15 is 0 Å². The highest BCUT2D eigenvalue weighted by Gasteiger charge is 2.26. The van der Waals surface area contributed by atoms with Crippen LogP contribution in [0.1, 0.15) is 31.1 Å². The second kappa shape index (κ2) is 7.37. The molecule has 2 amide bonds. The highest BCUT2D eigenvalue weighted by molar-refractivity contribution is 5.98. The van der Waals surface area contributed by atoms with Gasteiger partial charge in [-0.05, 0) is 26.0 Å². The molecule has 6 heteroatoms. The van der Waals surface area contributed by atoms with Crippen molar-refractivity contribution in [1.29, 1.82) is 0 Å². The maximum atomic E-state index is 12.4. The predicted octanol–water partition coefficient (Wildman–Crippen LogP) is 1.38. The summed E-state index contributed by atoms with van der Waals surface area (Å²) in [7, 11) is 0. The molecule has 124 valence electrons. The van der Waals surface area contributed by atoms with E-state index in [-0.39, 0.29) is 23.6 Å². The first kappa shape index (κ1) is 17.1. The summed E-state index contributed by atoms with van der Waals surface area (Å²) in [5, 5.41) is 2.85. The first-order valence-electron chi connectivity index (χ1n) is 7.80. The number of Topliss-reactive ketones (excluding diaryl/α,β-unsaturated/α-hetero) is 1. The number of nitrogens with zero attached hydrogens (tertiary/aromatic N) is 2. The van der Waals surface area contributed by atoms with Gasteiger partial charge in [-0.2, -0.15) is 0 Å². The molecule has 1 N–H and O–H groups in total. The second-order valence-electron chi connectivity index (χ2n) is 5.84. The SMILES string of the molecule is CC(=O)c1cccc(NC(=O)[C@H](C)N2CCN(C(C)=O)CC2)c1. The number of nitrogens with one attached hydrogen (secondary N) is 1. The van der Waals surface area contributed by atoms with Gasteiger partial charge in [0.05, 0.1) is 6.04 Å². The minimum atomic E-state index is -0.287. The van der Waals surface area contributed by atoms with Crippen molar-refractivity contribution in [2.45, 2.75) is 26.8 Å². The van der Waals surface area contributed by atoms with Gasteiger partial charge in [0.15, 0.2) is 5.78 Å². The molecule has 0 bridgehead atoms. The topological polar surface area (TPSA) is 69.7 Å². The fourth-order valence-corrected chi connectivity index (χ4v) is 2.65. The summed E-state index contributed by atoms with van der Waals surface area (Å²) < 4.78 is 0. The Hall–Kier alpha value is -2.21. The number of carbonyl (C=O) groups excluding carboxylic acids is 3. The molecule has 1 atom stereocenters. The number of hydrogen-bond donors (Lipinski definition) is 1. The van der Waals surface area contributed by atoms with Crippen molar-refractivity contribution >= 4 is 23.3 Å². The van der Waals surface area contributed by atoms with E-state index in [4.69, 9.17) is 0 Å². The zero-order valence-corrected chi connectivity index (χ0v) is 13.8. The third kappa shape index (κ3) is 4.39. The highest BCUT2D eigenvalue weighted by atomic mass is 16.2. The van der Waals surface area contributed by atoms with Crippen molar-refractivity contribution in [3.05, 3.63) is 29.8 Å². The van der Waals surface area contributed by atoms with Gasteiger partial charge >= 0.3 is 0 Å². The molecular weight excluding hydrogens is 294 g/mol. The van der Waals surface area contributed by atoms with Crippen LogP contribution in [-0.2, 0) is 9.59 Å². The van der Waals surface area contributed by atoms with Gasteiger partial charge in [-0.1, -0.05) is 12.1 Å². The van der Waals surface area contributed by atoms with Gasteiger partial charge in [-0.25, -0.2) is 0 Å². The summed E-state index contributed by atoms with van der Waals surface area (Å²) in [6.07, 6.45) is 0. The summed E-state index contributed by atoms with van der Waals surface area (Å²) in [5.74, 6) is -0.0701. The zero-order chi connectivity index (χ0) is 17.0. The lowest BCUT2D eigenvalue weighted by molar-refractivity contribution is -0.131. The van der Waals surface area contributed by atoms with E-state index in [0.29, 0.717) is 37.4 Å². The molecule has 2 rings (SSSR count). The molecule has 1 fully saturated rings. The summed E-state index contributed by atoms with van der Waals surface area (Å²) in [6.45, 7) is 7.57. The van der Waals surface area contributed by atoms with Crippen molar-refractivity contribution in [2.75, 3.05) is 31.5 Å². The number of rotatable bonds is 4. The van der Waals surface area contributed by atoms with Crippen LogP contribution in [-0.4, -0.2) is 59.6 Å². The summed E-state index contributed by atoms with van der Waals surface area (Å²) in [4.78, 5) is 39.0. The predicted molar refractivity (Wildman–Crippen MR) is 88.4 cm³/mol. The third-order valence-electron chi connectivity index (χ3n) is 4.22. The molecular formula is C17H23N3O3. The fourth-order valence-electron chi connectivity index (χ4n) is 2.65. The van der Waals surface area contributed by atoms with Gasteiger partial charge in [-0.3, -0.25) is 19.3 Å². The number of hydrogen-bond acceptors (Lipinski definition) is 4. The summed E-state index contributed by atoms with van der Waals surface area (Å²) in [5.41, 5.74) is 1.20. The van der Waals surface area contributed by atoms with Crippen molar-refractivity contribution in [1.82, 2.24) is 9.80 Å². The Morgan fingerprint density at radius 3 is 2.30 bits per heavy atom. The Balaban J connectivity index is 1.94. The molecule has 0 aliphatic carbocycles. The molecule has 0 aromatic heterocycles. The molecule has 0 saturated carbocycles. The molecule has 1 heterocycles. The highest BCUT2D eigenvalue weighted by Crippen LogP contribution is 2.13. The number of piperazine rings is 1. The minimum Gasteiger partial charge on any atom is -0.340 e. The molecule has 1 saturated heterocycles. The fraction of sp³-hybridized carbons (Fsp3) is 0.471. The molecule has 1 aliphatic heterocycles. The van der Waals surface area contributed by atoms with Crippen LogP contribution in [0.4, 0.5) is 5.69 Å². The Kier molecular flexibility index (Phi) is 5.50. The van der Waals surface area contributed by atoms with Gasteiger partial charge in [0.25, 0.3) is 0 Å². The van der Waals surface area contributed by atoms with Crippen LogP contribution in [0, 0.1) is 0 Å². The van der Waals surface area contributed by atoms with Gasteiger partial charge in [0.2, 0.25) is 11.8 Å². The Labute approximate surface area is 136 Å². The first-order chi connectivity index (χ1) is 10.9. The van der Waals surface area contributed by atoms with Gasteiger partial charge in [0, 0.05) is 44.4 Å². The monoisotopic (exact) mass is 317 g/mol. The standard InChI is InChI=1S/C17H23N3O3/c1-12(19-7-9-20(10-8-19)14(3)22)17(23)18-16-6-4-5-15(11-16)13(2)21/h4-6,11-12H,7-10H2,1-3H3,(H,18,23)/t12-/m0/s1. The maximum Gasteiger partial charge on any atom is 0.241 e. The summed E-state index contributed by atoms with van der Waals surface area (Å²) >= 11 is 0. The molecule has 6 nitrogen and oxygen atoms in total. The lowest BCUT2D eigenvalue weighted by atomic mass is 10.1. The van der Waals surface area contributed by atoms with E-state index in [1.807, 2.05) is 6.92 Å². The van der Waals surface area contributed by atoms with Gasteiger partial charge in [0.1, 0.15) is 0 Å². The van der Waals surface area contributed by atoms with Crippen LogP contribution in [0.3, 0.4) is 0 Å². The number of carbonyl (C=O) groups is 3. The van der Waals surface area contributed by atoms with E-state index in [2.05, 4.69) is 10.2 Å². The van der Waals surface area contributed by atoms with E-state index < -0.39 is 0 Å². The van der Waals surface area contributed by atoms with E-state index in [9.17, 15) is 14.4 Å². The quantitative estimate of drug-likeness (QED) is 0.852. The number of amides is 2. The molecule has 0 unspecified atom stereocenters. The van der Waals surface area contributed by atoms with Crippen LogP contribution in [0.15, 0.2) is 24.3 Å². The van der Waals surface area contributed by atoms with E-state index in [0.717, 1.165) is 0 Å². The Bertz CT molecular complexity index is 607. The molecule has 0 radical (unpaired) electrons. The molecule has 1 aromatic carbocycles. The van der Waals surface area contributed by atoms with Crippen LogP contribution in [0.5, 0.6) is 0 Å². The number of ketones is 1. The van der Waals surface area contributed by atoms with Crippen molar-refractivity contribution in [3.8, 4) is 0 Å². The van der Waals surface area contributed by atoms with Gasteiger partial charge in [-0.15, -0.1) is 0 Å². The molecule has 1 aliphatic rings. The largest absolute Gasteiger partial charge is 0.340 e. The van der Waals surface area contributed by atoms with Crippen molar-refractivity contribution in [3.63, 3.8) is 0 Å². The zero-order valence-electron chi connectivity index (χ0n) is 13.8. The molecule has 23 heavy (non-hydrogen) atoms. The van der Waals surface area contributed by atoms with Crippen LogP contribution in [0.2, 0.25) is 0 Å². The van der Waals surface area contributed by atoms with Gasteiger partial charge < -0.3 is 10.2 Å². The average molecular weight is 317 g/mol. The first-order valence-corrected chi connectivity index (χ1v) is 7.80. The lowest BCUT2D eigenvalue weighted by Crippen LogP contribution is -2.53. The normalized spacial score (nSPS) is 16.7. The Morgan fingerprint density at radius 1 is 1.09 bits per heavy atom. The summed E-state index contributed by atoms with van der Waals surface area (Å²) in [6, 6.07) is 6.64. The third-order valence-corrected chi connectivity index (χ3v) is 4.22. The molecule has 1 aromatic rings. The smallest absolute Gasteiger partial charge is 0.241 e. The Morgan fingerprint density at radius 2 is 1.74 bits per heavy atom. The number of benzene rings is 1. The lowest BCUT2D eigenvalue weighted by Gasteiger charge is -2.37. The van der Waals surface area contributed by atoms with Crippen LogP contribution in [0.25, 0.3) is 0 Å². The van der Waals surface area contributed by atoms with Crippen LogP contribution < -0.4 is 5.32 Å². The van der Waals surface area contributed by atoms with E-state index in [1.54, 1.807) is 36.1 Å². The average Bonchev–Trinajstić information content (AvgIpc) is 2.54. The minimum absolute atomic E-state index is 0.0329. The number of anilines is 1. The maximum absolute atomic E-state index is 12.4. The molecule has 0 spiro atoms. The van der Waals surface area contributed by atoms with E-state index in [1.165, 1.54) is 6.92 Å².